The normalized spacial score (nSPS) is 14.4. The molecule has 0 saturated heterocycles. The molecule has 0 spiro atoms. The number of rotatable bonds is 3. The van der Waals surface area contributed by atoms with E-state index in [1.165, 1.54) is 18.5 Å². The Morgan fingerprint density at radius 3 is 2.84 bits per heavy atom. The number of benzene rings is 1. The quantitative estimate of drug-likeness (QED) is 0.885. The predicted molar refractivity (Wildman–Crippen MR) is 74.4 cm³/mol. The van der Waals surface area contributed by atoms with Crippen LogP contribution >= 0.6 is 0 Å². The van der Waals surface area contributed by atoms with E-state index in [9.17, 15) is 4.79 Å². The molecule has 2 N–H and O–H groups in total. The molecule has 1 aliphatic carbocycles. The summed E-state index contributed by atoms with van der Waals surface area (Å²) in [6.45, 7) is 3.98. The second-order valence-corrected chi connectivity index (χ2v) is 5.21. The third-order valence-electron chi connectivity index (χ3n) is 3.55. The number of aryl methyl sites for hydroxylation is 1. The summed E-state index contributed by atoms with van der Waals surface area (Å²) >= 11 is 0. The molecule has 1 fully saturated rings. The van der Waals surface area contributed by atoms with Crippen molar-refractivity contribution in [1.29, 1.82) is 0 Å². The monoisotopic (exact) mass is 255 g/mol. The molecule has 1 aromatic heterocycles. The fourth-order valence-corrected chi connectivity index (χ4v) is 2.27. The first-order valence-electron chi connectivity index (χ1n) is 6.58. The van der Waals surface area contributed by atoms with Crippen molar-refractivity contribution in [2.45, 2.75) is 32.6 Å². The molecule has 2 aromatic rings. The molecule has 4 nitrogen and oxygen atoms in total. The highest BCUT2D eigenvalue weighted by molar-refractivity contribution is 6.04. The highest BCUT2D eigenvalue weighted by Crippen LogP contribution is 2.41. The summed E-state index contributed by atoms with van der Waals surface area (Å²) in [5, 5.41) is 10.1. The molecular weight excluding hydrogens is 238 g/mol. The second kappa shape index (κ2) is 4.53. The van der Waals surface area contributed by atoms with E-state index in [2.05, 4.69) is 15.5 Å². The van der Waals surface area contributed by atoms with Crippen LogP contribution in [-0.4, -0.2) is 16.1 Å². The molecule has 1 aromatic carbocycles. The van der Waals surface area contributed by atoms with Crippen molar-refractivity contribution in [3.8, 4) is 0 Å². The first-order valence-corrected chi connectivity index (χ1v) is 6.58. The Bertz CT molecular complexity index is 626. The van der Waals surface area contributed by atoms with Crippen molar-refractivity contribution in [3.63, 3.8) is 0 Å². The van der Waals surface area contributed by atoms with Gasteiger partial charge in [0.05, 0.1) is 0 Å². The molecule has 1 heterocycles. The molecule has 4 heteroatoms. The number of H-pyrrole nitrogens is 1. The van der Waals surface area contributed by atoms with Gasteiger partial charge in [0.15, 0.2) is 5.82 Å². The van der Waals surface area contributed by atoms with Crippen LogP contribution in [0.2, 0.25) is 0 Å². The average Bonchev–Trinajstić information content (AvgIpc) is 3.16. The molecule has 0 unspecified atom stereocenters. The van der Waals surface area contributed by atoms with Crippen LogP contribution in [0.1, 0.15) is 45.9 Å². The second-order valence-electron chi connectivity index (χ2n) is 5.21. The van der Waals surface area contributed by atoms with E-state index in [1.807, 2.05) is 38.1 Å². The molecule has 19 heavy (non-hydrogen) atoms. The number of carbonyl (C=O) groups is 1. The van der Waals surface area contributed by atoms with E-state index in [4.69, 9.17) is 0 Å². The lowest BCUT2D eigenvalue weighted by atomic mass is 10.1. The zero-order chi connectivity index (χ0) is 13.4. The van der Waals surface area contributed by atoms with Gasteiger partial charge >= 0.3 is 0 Å². The lowest BCUT2D eigenvalue weighted by Crippen LogP contribution is -2.13. The Kier molecular flexibility index (Phi) is 2.85. The number of aromatic nitrogens is 2. The Hall–Kier alpha value is -2.10. The van der Waals surface area contributed by atoms with Crippen LogP contribution in [-0.2, 0) is 0 Å². The number of anilines is 1. The molecule has 1 aliphatic rings. The van der Waals surface area contributed by atoms with Crippen molar-refractivity contribution in [2.24, 2.45) is 0 Å². The first kappa shape index (κ1) is 12.0. The van der Waals surface area contributed by atoms with Crippen molar-refractivity contribution < 1.29 is 4.79 Å². The van der Waals surface area contributed by atoms with Gasteiger partial charge in [0.1, 0.15) is 0 Å². The summed E-state index contributed by atoms with van der Waals surface area (Å²) in [6.07, 6.45) is 2.43. The van der Waals surface area contributed by atoms with E-state index in [0.717, 1.165) is 11.1 Å². The molecule has 0 aliphatic heterocycles. The van der Waals surface area contributed by atoms with Gasteiger partial charge in [-0.05, 0) is 38.8 Å². The summed E-state index contributed by atoms with van der Waals surface area (Å²) < 4.78 is 0. The molecule has 98 valence electrons. The van der Waals surface area contributed by atoms with E-state index >= 15 is 0 Å². The van der Waals surface area contributed by atoms with Crippen LogP contribution in [0.4, 0.5) is 5.82 Å². The van der Waals surface area contributed by atoms with Crippen molar-refractivity contribution in [2.75, 3.05) is 5.32 Å². The maximum absolute atomic E-state index is 12.1. The summed E-state index contributed by atoms with van der Waals surface area (Å²) in [7, 11) is 0. The van der Waals surface area contributed by atoms with Crippen LogP contribution in [0.3, 0.4) is 0 Å². The van der Waals surface area contributed by atoms with Crippen LogP contribution in [0, 0.1) is 13.8 Å². The maximum Gasteiger partial charge on any atom is 0.256 e. The SMILES string of the molecule is Cc1cccc(C(=O)Nc2n[nH]c(C3CC3)c2C)c1. The number of nitrogens with zero attached hydrogens (tertiary/aromatic N) is 1. The minimum absolute atomic E-state index is 0.111. The Morgan fingerprint density at radius 2 is 2.16 bits per heavy atom. The van der Waals surface area contributed by atoms with Gasteiger partial charge in [-0.25, -0.2) is 0 Å². The van der Waals surface area contributed by atoms with Gasteiger partial charge in [0, 0.05) is 22.7 Å². The van der Waals surface area contributed by atoms with Crippen molar-refractivity contribution in [1.82, 2.24) is 10.2 Å². The minimum Gasteiger partial charge on any atom is -0.305 e. The highest BCUT2D eigenvalue weighted by Gasteiger charge is 2.28. The predicted octanol–water partition coefficient (Wildman–Crippen LogP) is 3.16. The maximum atomic E-state index is 12.1. The lowest BCUT2D eigenvalue weighted by Gasteiger charge is -2.04. The van der Waals surface area contributed by atoms with E-state index in [0.29, 0.717) is 17.3 Å². The Morgan fingerprint density at radius 1 is 1.37 bits per heavy atom. The van der Waals surface area contributed by atoms with E-state index in [-0.39, 0.29) is 5.91 Å². The first-order chi connectivity index (χ1) is 9.15. The Balaban J connectivity index is 1.79. The molecular formula is C15H17N3O. The largest absolute Gasteiger partial charge is 0.305 e. The van der Waals surface area contributed by atoms with Gasteiger partial charge in [-0.2, -0.15) is 5.10 Å². The molecule has 0 atom stereocenters. The summed E-state index contributed by atoms with van der Waals surface area (Å²) in [4.78, 5) is 12.1. The Labute approximate surface area is 112 Å². The number of hydrogen-bond donors (Lipinski definition) is 2. The fourth-order valence-electron chi connectivity index (χ4n) is 2.27. The van der Waals surface area contributed by atoms with Gasteiger partial charge in [0.2, 0.25) is 0 Å². The minimum atomic E-state index is -0.111. The number of nitrogens with one attached hydrogen (secondary N) is 2. The zero-order valence-corrected chi connectivity index (χ0v) is 11.2. The van der Waals surface area contributed by atoms with Gasteiger partial charge in [-0.15, -0.1) is 0 Å². The number of aromatic amines is 1. The third kappa shape index (κ3) is 2.38. The van der Waals surface area contributed by atoms with Gasteiger partial charge in [-0.1, -0.05) is 17.7 Å². The smallest absolute Gasteiger partial charge is 0.256 e. The van der Waals surface area contributed by atoms with E-state index in [1.54, 1.807) is 0 Å². The summed E-state index contributed by atoms with van der Waals surface area (Å²) in [6, 6.07) is 7.55. The van der Waals surface area contributed by atoms with Crippen LogP contribution in [0.25, 0.3) is 0 Å². The van der Waals surface area contributed by atoms with Crippen LogP contribution in [0.5, 0.6) is 0 Å². The number of amides is 1. The topological polar surface area (TPSA) is 57.8 Å². The molecule has 0 radical (unpaired) electrons. The molecule has 1 amide bonds. The molecule has 1 saturated carbocycles. The van der Waals surface area contributed by atoms with Gasteiger partial charge in [-0.3, -0.25) is 9.89 Å². The van der Waals surface area contributed by atoms with Crippen LogP contribution in [0.15, 0.2) is 24.3 Å². The van der Waals surface area contributed by atoms with Crippen LogP contribution < -0.4 is 5.32 Å². The molecule has 3 rings (SSSR count). The standard InChI is InChI=1S/C15H17N3O/c1-9-4-3-5-12(8-9)15(19)16-14-10(2)13(17-18-14)11-6-7-11/h3-5,8,11H,6-7H2,1-2H3,(H2,16,17,18,19). The van der Waals surface area contributed by atoms with Gasteiger partial charge in [0.25, 0.3) is 5.91 Å². The summed E-state index contributed by atoms with van der Waals surface area (Å²) in [5.74, 6) is 1.14. The van der Waals surface area contributed by atoms with Gasteiger partial charge < -0.3 is 5.32 Å². The number of carbonyl (C=O) groups excluding carboxylic acids is 1. The fraction of sp³-hybridized carbons (Fsp3) is 0.333. The van der Waals surface area contributed by atoms with Crippen molar-refractivity contribution >= 4 is 11.7 Å². The van der Waals surface area contributed by atoms with E-state index < -0.39 is 0 Å². The average molecular weight is 255 g/mol. The summed E-state index contributed by atoms with van der Waals surface area (Å²) in [5.41, 5.74) is 3.96. The molecule has 0 bridgehead atoms. The lowest BCUT2D eigenvalue weighted by molar-refractivity contribution is 0.102. The highest BCUT2D eigenvalue weighted by atomic mass is 16.1. The zero-order valence-electron chi connectivity index (χ0n) is 11.2. The third-order valence-corrected chi connectivity index (χ3v) is 3.55. The number of hydrogen-bond acceptors (Lipinski definition) is 2. The van der Waals surface area contributed by atoms with Crippen molar-refractivity contribution in [3.05, 3.63) is 46.6 Å².